The zero-order chi connectivity index (χ0) is 18.3. The van der Waals surface area contributed by atoms with Crippen LogP contribution in [0.5, 0.6) is 0 Å². The monoisotopic (exact) mass is 353 g/mol. The molecule has 3 nitrogen and oxygen atoms in total. The summed E-state index contributed by atoms with van der Waals surface area (Å²) in [6.45, 7) is 6.20. The molecule has 136 valence electrons. The number of nitrogens with zero attached hydrogens (tertiary/aromatic N) is 1. The van der Waals surface area contributed by atoms with Gasteiger partial charge in [-0.3, -0.25) is 4.98 Å². The molecule has 1 heterocycles. The van der Waals surface area contributed by atoms with Gasteiger partial charge in [0, 0.05) is 17.2 Å². The number of hydrogen-bond acceptors (Lipinski definition) is 3. The lowest BCUT2D eigenvalue weighted by atomic mass is 9.88. The van der Waals surface area contributed by atoms with E-state index in [1.807, 2.05) is 19.2 Å². The summed E-state index contributed by atoms with van der Waals surface area (Å²) in [5.74, 6) is 1.44. The van der Waals surface area contributed by atoms with Gasteiger partial charge in [0.25, 0.3) is 0 Å². The number of hydrogen-bond donors (Lipinski definition) is 0. The van der Waals surface area contributed by atoms with Gasteiger partial charge in [-0.15, -0.1) is 0 Å². The number of carbonyl (C=O) groups is 1. The second-order valence-electron chi connectivity index (χ2n) is 7.66. The van der Waals surface area contributed by atoms with Crippen molar-refractivity contribution in [2.24, 2.45) is 17.8 Å². The first kappa shape index (κ1) is 17.2. The number of fused-ring (bicyclic) bond motifs is 2. The molecule has 4 atom stereocenters. The Balaban J connectivity index is 1.50. The second-order valence-corrected chi connectivity index (χ2v) is 7.66. The fourth-order valence-corrected chi connectivity index (χ4v) is 5.04. The van der Waals surface area contributed by atoms with Crippen molar-refractivity contribution in [2.75, 3.05) is 6.61 Å². The SMILES string of the molecule is C=C(C(=O)OCC)C1CC2CC(c3ccnc4ccc(F)cc34)C[C@@H]2C1. The number of aromatic nitrogens is 1. The van der Waals surface area contributed by atoms with Crippen molar-refractivity contribution in [3.8, 4) is 0 Å². The van der Waals surface area contributed by atoms with E-state index >= 15 is 0 Å². The molecule has 4 rings (SSSR count). The molecule has 26 heavy (non-hydrogen) atoms. The Hall–Kier alpha value is -2.23. The van der Waals surface area contributed by atoms with E-state index in [1.54, 1.807) is 12.1 Å². The number of halogens is 1. The van der Waals surface area contributed by atoms with E-state index in [9.17, 15) is 9.18 Å². The van der Waals surface area contributed by atoms with Crippen LogP contribution in [-0.2, 0) is 9.53 Å². The topological polar surface area (TPSA) is 39.2 Å². The van der Waals surface area contributed by atoms with E-state index in [1.165, 1.54) is 11.6 Å². The van der Waals surface area contributed by atoms with E-state index in [2.05, 4.69) is 11.6 Å². The van der Waals surface area contributed by atoms with Gasteiger partial charge in [0.1, 0.15) is 5.82 Å². The summed E-state index contributed by atoms with van der Waals surface area (Å²) in [6.07, 6.45) is 6.03. The lowest BCUT2D eigenvalue weighted by Gasteiger charge is -2.17. The minimum Gasteiger partial charge on any atom is -0.463 e. The maximum Gasteiger partial charge on any atom is 0.333 e. The standard InChI is InChI=1S/C22H24FNO2/c1-3-26-22(25)13(2)14-8-15-10-17(11-16(15)9-14)19-6-7-24-21-5-4-18(23)12-20(19)21/h4-7,12,14-17H,2-3,8-11H2,1H3/t14?,15-,16?,17?/m0/s1. The van der Waals surface area contributed by atoms with Crippen molar-refractivity contribution in [2.45, 2.75) is 38.5 Å². The first-order valence-electron chi connectivity index (χ1n) is 9.47. The number of rotatable bonds is 4. The Morgan fingerprint density at radius 3 is 2.65 bits per heavy atom. The van der Waals surface area contributed by atoms with Gasteiger partial charge in [-0.05, 0) is 86.1 Å². The quantitative estimate of drug-likeness (QED) is 0.573. The number of esters is 1. The Labute approximate surface area is 153 Å². The lowest BCUT2D eigenvalue weighted by Crippen LogP contribution is -2.14. The van der Waals surface area contributed by atoms with Crippen LogP contribution in [0, 0.1) is 23.6 Å². The van der Waals surface area contributed by atoms with Crippen molar-refractivity contribution in [1.82, 2.24) is 4.98 Å². The van der Waals surface area contributed by atoms with E-state index in [-0.39, 0.29) is 17.7 Å². The third-order valence-electron chi connectivity index (χ3n) is 6.22. The smallest absolute Gasteiger partial charge is 0.333 e. The highest BCUT2D eigenvalue weighted by molar-refractivity contribution is 5.88. The fraction of sp³-hybridized carbons (Fsp3) is 0.455. The molecule has 2 aliphatic rings. The molecule has 4 heteroatoms. The van der Waals surface area contributed by atoms with Crippen LogP contribution in [0.15, 0.2) is 42.6 Å². The molecule has 0 N–H and O–H groups in total. The molecule has 0 aliphatic heterocycles. The van der Waals surface area contributed by atoms with Gasteiger partial charge in [-0.2, -0.15) is 0 Å². The summed E-state index contributed by atoms with van der Waals surface area (Å²) < 4.78 is 18.8. The molecule has 0 amide bonds. The van der Waals surface area contributed by atoms with Crippen LogP contribution in [0.4, 0.5) is 4.39 Å². The molecule has 1 aromatic carbocycles. The molecule has 3 unspecified atom stereocenters. The van der Waals surface area contributed by atoms with Crippen LogP contribution < -0.4 is 0 Å². The first-order chi connectivity index (χ1) is 12.6. The van der Waals surface area contributed by atoms with Crippen molar-refractivity contribution < 1.29 is 13.9 Å². The minimum absolute atomic E-state index is 0.212. The third kappa shape index (κ3) is 3.02. The van der Waals surface area contributed by atoms with Gasteiger partial charge >= 0.3 is 5.97 Å². The van der Waals surface area contributed by atoms with Crippen LogP contribution >= 0.6 is 0 Å². The Kier molecular flexibility index (Phi) is 4.51. The largest absolute Gasteiger partial charge is 0.463 e. The average Bonchev–Trinajstić information content (AvgIpc) is 3.19. The minimum atomic E-state index is -0.246. The summed E-state index contributed by atoms with van der Waals surface area (Å²) in [5, 5.41) is 0.935. The Bertz CT molecular complexity index is 848. The normalized spacial score (nSPS) is 27.5. The molecular weight excluding hydrogens is 329 g/mol. The van der Waals surface area contributed by atoms with Crippen LogP contribution in [-0.4, -0.2) is 17.6 Å². The molecule has 2 saturated carbocycles. The van der Waals surface area contributed by atoms with Crippen LogP contribution in [0.25, 0.3) is 10.9 Å². The Morgan fingerprint density at radius 1 is 1.23 bits per heavy atom. The second kappa shape index (κ2) is 6.82. The van der Waals surface area contributed by atoms with E-state index in [0.29, 0.717) is 29.9 Å². The molecule has 1 aromatic heterocycles. The summed E-state index contributed by atoms with van der Waals surface area (Å²) in [5.41, 5.74) is 2.70. The lowest BCUT2D eigenvalue weighted by molar-refractivity contribution is -0.139. The summed E-state index contributed by atoms with van der Waals surface area (Å²) in [4.78, 5) is 16.3. The van der Waals surface area contributed by atoms with Crippen molar-refractivity contribution in [3.63, 3.8) is 0 Å². The molecule has 0 spiro atoms. The first-order valence-corrected chi connectivity index (χ1v) is 9.47. The molecule has 2 aliphatic carbocycles. The van der Waals surface area contributed by atoms with Crippen LogP contribution in [0.1, 0.15) is 44.1 Å². The van der Waals surface area contributed by atoms with Crippen molar-refractivity contribution >= 4 is 16.9 Å². The highest BCUT2D eigenvalue weighted by Gasteiger charge is 2.44. The maximum absolute atomic E-state index is 13.7. The van der Waals surface area contributed by atoms with E-state index in [4.69, 9.17) is 4.74 Å². The molecular formula is C22H24FNO2. The zero-order valence-electron chi connectivity index (χ0n) is 15.1. The van der Waals surface area contributed by atoms with Crippen molar-refractivity contribution in [1.29, 1.82) is 0 Å². The third-order valence-corrected chi connectivity index (χ3v) is 6.22. The number of pyridine rings is 1. The van der Waals surface area contributed by atoms with Gasteiger partial charge in [0.2, 0.25) is 0 Å². The predicted molar refractivity (Wildman–Crippen MR) is 99.2 cm³/mol. The Morgan fingerprint density at radius 2 is 1.96 bits per heavy atom. The van der Waals surface area contributed by atoms with E-state index in [0.717, 1.165) is 36.6 Å². The van der Waals surface area contributed by atoms with Gasteiger partial charge in [0.05, 0.1) is 12.1 Å². The van der Waals surface area contributed by atoms with Crippen molar-refractivity contribution in [3.05, 3.63) is 54.0 Å². The molecule has 2 aromatic rings. The average molecular weight is 353 g/mol. The van der Waals surface area contributed by atoms with Gasteiger partial charge in [-0.1, -0.05) is 6.58 Å². The fourth-order valence-electron chi connectivity index (χ4n) is 5.04. The molecule has 0 radical (unpaired) electrons. The number of benzene rings is 1. The van der Waals surface area contributed by atoms with Crippen LogP contribution in [0.3, 0.4) is 0 Å². The zero-order valence-corrected chi connectivity index (χ0v) is 15.1. The summed E-state index contributed by atoms with van der Waals surface area (Å²) in [7, 11) is 0. The van der Waals surface area contributed by atoms with Gasteiger partial charge in [-0.25, -0.2) is 9.18 Å². The number of ether oxygens (including phenoxy) is 1. The summed E-state index contributed by atoms with van der Waals surface area (Å²) in [6, 6.07) is 6.87. The maximum atomic E-state index is 13.7. The van der Waals surface area contributed by atoms with Gasteiger partial charge in [0.15, 0.2) is 0 Å². The predicted octanol–water partition coefficient (Wildman–Crippen LogP) is 5.01. The number of carbonyl (C=O) groups excluding carboxylic acids is 1. The molecule has 2 fully saturated rings. The molecule has 0 saturated heterocycles. The summed E-state index contributed by atoms with van der Waals surface area (Å²) >= 11 is 0. The molecule has 0 bridgehead atoms. The van der Waals surface area contributed by atoms with Crippen LogP contribution in [0.2, 0.25) is 0 Å². The van der Waals surface area contributed by atoms with E-state index < -0.39 is 0 Å². The highest BCUT2D eigenvalue weighted by atomic mass is 19.1. The highest BCUT2D eigenvalue weighted by Crippen LogP contribution is 2.54. The van der Waals surface area contributed by atoms with Gasteiger partial charge < -0.3 is 4.74 Å².